The van der Waals surface area contributed by atoms with Gasteiger partial charge in [-0.05, 0) is 43.5 Å². The quantitative estimate of drug-likeness (QED) is 0.0332. The molecular weight excluding hydrogens is 541 g/mol. The lowest BCUT2D eigenvalue weighted by Gasteiger charge is -2.08. The second-order valence-electron chi connectivity index (χ2n) is 10.0. The van der Waals surface area contributed by atoms with Crippen LogP contribution in [0.15, 0.2) is 24.3 Å². The number of unbranched alkanes of at least 4 members (excludes halogenated alkanes) is 12. The van der Waals surface area contributed by atoms with Crippen LogP contribution in [0.1, 0.15) is 106 Å². The average molecular weight is 582 g/mol. The molecular formula is C32H40F5NO3. The van der Waals surface area contributed by atoms with Crippen molar-refractivity contribution in [2.75, 3.05) is 18.5 Å². The molecule has 0 aliphatic heterocycles. The zero-order valence-corrected chi connectivity index (χ0v) is 23.5. The van der Waals surface area contributed by atoms with E-state index in [0.29, 0.717) is 24.8 Å². The number of ether oxygens (including phenoxy) is 1. The van der Waals surface area contributed by atoms with Crippen molar-refractivity contribution in [2.24, 2.45) is 0 Å². The summed E-state index contributed by atoms with van der Waals surface area (Å²) in [5.74, 6) is -6.61. The standard InChI is InChI=1S/C32H40F5NO3/c33-27-26(28(34)30(36)31(37)29(27)35)16-13-11-9-7-5-3-1-2-4-6-8-10-12-14-21-38-25-19-17-24(18-20-25)32(40)41-23-15-22-39/h17-20,38-39H,1-13,15-16,22-23H2. The van der Waals surface area contributed by atoms with Gasteiger partial charge in [0.15, 0.2) is 23.3 Å². The molecule has 0 fully saturated rings. The third-order valence-corrected chi connectivity index (χ3v) is 6.73. The molecule has 2 N–H and O–H groups in total. The molecule has 0 saturated carbocycles. The van der Waals surface area contributed by atoms with Crippen molar-refractivity contribution in [3.63, 3.8) is 0 Å². The van der Waals surface area contributed by atoms with E-state index in [1.165, 1.54) is 19.3 Å². The van der Waals surface area contributed by atoms with E-state index in [9.17, 15) is 26.7 Å². The molecule has 2 aromatic rings. The molecule has 0 bridgehead atoms. The minimum absolute atomic E-state index is 0.0153. The number of hydrogen-bond donors (Lipinski definition) is 2. The first-order valence-corrected chi connectivity index (χ1v) is 14.5. The molecule has 0 atom stereocenters. The van der Waals surface area contributed by atoms with Gasteiger partial charge < -0.3 is 15.2 Å². The Morgan fingerprint density at radius 2 is 1.17 bits per heavy atom. The molecule has 0 radical (unpaired) electrons. The van der Waals surface area contributed by atoms with E-state index in [-0.39, 0.29) is 19.6 Å². The predicted octanol–water partition coefficient (Wildman–Crippen LogP) is 8.61. The normalized spacial score (nSPS) is 10.8. The Balaban J connectivity index is 1.41. The number of hydrogen-bond acceptors (Lipinski definition) is 4. The molecule has 0 unspecified atom stereocenters. The maximum atomic E-state index is 13.7. The third-order valence-electron chi connectivity index (χ3n) is 6.73. The van der Waals surface area contributed by atoms with Gasteiger partial charge in [-0.15, -0.1) is 0 Å². The molecule has 0 amide bonds. The summed E-state index contributed by atoms with van der Waals surface area (Å²) in [6.45, 7) is 0.178. The lowest BCUT2D eigenvalue weighted by Crippen LogP contribution is -2.07. The Hall–Kier alpha value is -3.12. The number of nitrogens with one attached hydrogen (secondary N) is 1. The number of esters is 1. The Morgan fingerprint density at radius 3 is 1.71 bits per heavy atom. The molecule has 0 heterocycles. The summed E-state index contributed by atoms with van der Waals surface area (Å²) in [6.07, 6.45) is 13.1. The molecule has 0 aliphatic rings. The Labute approximate surface area is 239 Å². The zero-order chi connectivity index (χ0) is 29.9. The summed E-state index contributed by atoms with van der Waals surface area (Å²) < 4.78 is 72.0. The third kappa shape index (κ3) is 12.5. The molecule has 2 rings (SSSR count). The number of halogens is 5. The number of rotatable bonds is 19. The number of aliphatic hydroxyl groups excluding tert-OH is 1. The van der Waals surface area contributed by atoms with Crippen molar-refractivity contribution < 1.29 is 36.6 Å². The van der Waals surface area contributed by atoms with Gasteiger partial charge in [0.25, 0.3) is 0 Å². The first kappa shape index (κ1) is 34.1. The highest BCUT2D eigenvalue weighted by molar-refractivity contribution is 5.89. The maximum absolute atomic E-state index is 13.7. The summed E-state index contributed by atoms with van der Waals surface area (Å²) in [4.78, 5) is 11.8. The van der Waals surface area contributed by atoms with Gasteiger partial charge in [0.1, 0.15) is 0 Å². The number of carbonyl (C=O) groups excluding carboxylic acids is 1. The average Bonchev–Trinajstić information content (AvgIpc) is 2.98. The van der Waals surface area contributed by atoms with E-state index >= 15 is 0 Å². The van der Waals surface area contributed by atoms with Crippen LogP contribution in [0.3, 0.4) is 0 Å². The first-order chi connectivity index (χ1) is 19.9. The summed E-state index contributed by atoms with van der Waals surface area (Å²) in [7, 11) is 0. The Bertz CT molecular complexity index is 1100. The molecule has 41 heavy (non-hydrogen) atoms. The van der Waals surface area contributed by atoms with E-state index in [4.69, 9.17) is 9.84 Å². The molecule has 0 aromatic heterocycles. The largest absolute Gasteiger partial charge is 0.462 e. The number of benzene rings is 2. The van der Waals surface area contributed by atoms with E-state index in [0.717, 1.165) is 57.1 Å². The molecule has 0 aliphatic carbocycles. The number of aliphatic hydroxyl groups is 1. The predicted molar refractivity (Wildman–Crippen MR) is 150 cm³/mol. The van der Waals surface area contributed by atoms with Crippen molar-refractivity contribution >= 4 is 11.7 Å². The van der Waals surface area contributed by atoms with Crippen molar-refractivity contribution in [1.82, 2.24) is 0 Å². The smallest absolute Gasteiger partial charge is 0.338 e. The minimum Gasteiger partial charge on any atom is -0.462 e. The SMILES string of the molecule is O=C(OCCCO)c1ccc(NC#CCCCCCCCCCCCCCCc2c(F)c(F)c(F)c(F)c2F)cc1. The first-order valence-electron chi connectivity index (χ1n) is 14.5. The monoisotopic (exact) mass is 581 g/mol. The fraction of sp³-hybridized carbons (Fsp3) is 0.531. The van der Waals surface area contributed by atoms with Crippen LogP contribution in [0.4, 0.5) is 27.6 Å². The highest BCUT2D eigenvalue weighted by Crippen LogP contribution is 2.25. The molecule has 226 valence electrons. The molecule has 0 spiro atoms. The molecule has 0 saturated heterocycles. The summed E-state index contributed by atoms with van der Waals surface area (Å²) in [6, 6.07) is 9.81. The molecule has 9 heteroatoms. The summed E-state index contributed by atoms with van der Waals surface area (Å²) in [5, 5.41) is 11.7. The maximum Gasteiger partial charge on any atom is 0.338 e. The van der Waals surface area contributed by atoms with Crippen LogP contribution >= 0.6 is 0 Å². The second kappa shape index (κ2) is 19.9. The van der Waals surface area contributed by atoms with Crippen molar-refractivity contribution in [3.8, 4) is 12.0 Å². The van der Waals surface area contributed by atoms with Crippen LogP contribution in [0, 0.1) is 41.1 Å². The minimum atomic E-state index is -2.11. The highest BCUT2D eigenvalue weighted by atomic mass is 19.2. The van der Waals surface area contributed by atoms with Crippen LogP contribution < -0.4 is 5.32 Å². The fourth-order valence-electron chi connectivity index (χ4n) is 4.33. The van der Waals surface area contributed by atoms with Crippen molar-refractivity contribution in [1.29, 1.82) is 0 Å². The van der Waals surface area contributed by atoms with Gasteiger partial charge in [-0.3, -0.25) is 0 Å². The van der Waals surface area contributed by atoms with Crippen LogP contribution in [0.5, 0.6) is 0 Å². The van der Waals surface area contributed by atoms with Crippen LogP contribution in [0.25, 0.3) is 0 Å². The van der Waals surface area contributed by atoms with Crippen LogP contribution in [-0.4, -0.2) is 24.3 Å². The van der Waals surface area contributed by atoms with E-state index in [1.807, 2.05) is 0 Å². The van der Waals surface area contributed by atoms with E-state index < -0.39 is 40.6 Å². The highest BCUT2D eigenvalue weighted by Gasteiger charge is 2.25. The van der Waals surface area contributed by atoms with E-state index in [2.05, 4.69) is 17.3 Å². The lowest BCUT2D eigenvalue weighted by molar-refractivity contribution is 0.0482. The summed E-state index contributed by atoms with van der Waals surface area (Å²) in [5.41, 5.74) is 0.534. The van der Waals surface area contributed by atoms with Crippen LogP contribution in [-0.2, 0) is 11.2 Å². The van der Waals surface area contributed by atoms with Crippen LogP contribution in [0.2, 0.25) is 0 Å². The lowest BCUT2D eigenvalue weighted by atomic mass is 10.0. The Morgan fingerprint density at radius 1 is 0.683 bits per heavy atom. The number of anilines is 1. The zero-order valence-electron chi connectivity index (χ0n) is 23.5. The van der Waals surface area contributed by atoms with Gasteiger partial charge in [0, 0.05) is 36.7 Å². The van der Waals surface area contributed by atoms with Gasteiger partial charge in [0.2, 0.25) is 5.82 Å². The summed E-state index contributed by atoms with van der Waals surface area (Å²) >= 11 is 0. The molecule has 4 nitrogen and oxygen atoms in total. The Kier molecular flexibility index (Phi) is 16.5. The van der Waals surface area contributed by atoms with Gasteiger partial charge in [-0.25, -0.2) is 26.7 Å². The molecule has 2 aromatic carbocycles. The van der Waals surface area contributed by atoms with Gasteiger partial charge >= 0.3 is 5.97 Å². The van der Waals surface area contributed by atoms with Gasteiger partial charge in [-0.1, -0.05) is 70.1 Å². The van der Waals surface area contributed by atoms with Gasteiger partial charge in [-0.2, -0.15) is 0 Å². The second-order valence-corrected chi connectivity index (χ2v) is 10.0. The van der Waals surface area contributed by atoms with Crippen molar-refractivity contribution in [2.45, 2.75) is 96.3 Å². The van der Waals surface area contributed by atoms with Gasteiger partial charge in [0.05, 0.1) is 12.2 Å². The van der Waals surface area contributed by atoms with Crippen molar-refractivity contribution in [3.05, 3.63) is 64.5 Å². The number of carbonyl (C=O) groups is 1. The topological polar surface area (TPSA) is 58.6 Å². The fourth-order valence-corrected chi connectivity index (χ4v) is 4.33. The van der Waals surface area contributed by atoms with E-state index in [1.54, 1.807) is 24.3 Å².